The Labute approximate surface area is 150 Å². The molecule has 1 saturated carbocycles. The molecule has 1 aliphatic carbocycles. The predicted octanol–water partition coefficient (Wildman–Crippen LogP) is 4.19. The monoisotopic (exact) mass is 350 g/mol. The van der Waals surface area contributed by atoms with E-state index in [2.05, 4.69) is 20.3 Å². The third kappa shape index (κ3) is 3.35. The molecule has 5 nitrogen and oxygen atoms in total. The second-order valence-electron chi connectivity index (χ2n) is 6.46. The first-order chi connectivity index (χ1) is 12.6. The summed E-state index contributed by atoms with van der Waals surface area (Å²) in [6.45, 7) is 2.02. The maximum Gasteiger partial charge on any atom is 0.228 e. The summed E-state index contributed by atoms with van der Waals surface area (Å²) in [6, 6.07) is 9.98. The van der Waals surface area contributed by atoms with Crippen LogP contribution in [0.15, 0.2) is 42.6 Å². The van der Waals surface area contributed by atoms with E-state index in [1.165, 1.54) is 12.1 Å². The third-order valence-electron chi connectivity index (χ3n) is 4.45. The van der Waals surface area contributed by atoms with Gasteiger partial charge >= 0.3 is 0 Å². The standard InChI is InChI=1S/C20H19FN4O/c1-2-16-23-18(12-5-7-15(21)8-6-12)19(24-16)14-9-10-22-17(11-14)25-20(26)13-3-4-13/h5-11,13H,2-4H2,1H3,(H,23,24)(H,22,25,26). The number of imidazole rings is 1. The van der Waals surface area contributed by atoms with E-state index in [-0.39, 0.29) is 17.6 Å². The minimum atomic E-state index is -0.282. The van der Waals surface area contributed by atoms with Gasteiger partial charge < -0.3 is 10.3 Å². The van der Waals surface area contributed by atoms with Crippen molar-refractivity contribution < 1.29 is 9.18 Å². The number of amides is 1. The van der Waals surface area contributed by atoms with Crippen molar-refractivity contribution in [3.8, 4) is 22.5 Å². The first-order valence-corrected chi connectivity index (χ1v) is 8.76. The molecular formula is C20H19FN4O. The molecular weight excluding hydrogens is 331 g/mol. The lowest BCUT2D eigenvalue weighted by molar-refractivity contribution is -0.117. The molecule has 6 heteroatoms. The Bertz CT molecular complexity index is 945. The van der Waals surface area contributed by atoms with Crippen LogP contribution in [0.25, 0.3) is 22.5 Å². The van der Waals surface area contributed by atoms with Crippen LogP contribution in [0.2, 0.25) is 0 Å². The van der Waals surface area contributed by atoms with Crippen LogP contribution in [0.4, 0.5) is 10.2 Å². The molecule has 0 atom stereocenters. The molecule has 0 bridgehead atoms. The number of nitrogens with one attached hydrogen (secondary N) is 2. The zero-order valence-electron chi connectivity index (χ0n) is 14.4. The van der Waals surface area contributed by atoms with E-state index in [1.54, 1.807) is 18.3 Å². The SMILES string of the molecule is CCc1nc(-c2ccc(F)cc2)c(-c2ccnc(NC(=O)C3CC3)c2)[nH]1. The molecule has 0 unspecified atom stereocenters. The summed E-state index contributed by atoms with van der Waals surface area (Å²) in [6.07, 6.45) is 4.31. The normalized spacial score (nSPS) is 13.6. The van der Waals surface area contributed by atoms with Crippen LogP contribution in [0.3, 0.4) is 0 Å². The van der Waals surface area contributed by atoms with Crippen molar-refractivity contribution >= 4 is 11.7 Å². The summed E-state index contributed by atoms with van der Waals surface area (Å²) in [5.41, 5.74) is 3.29. The van der Waals surface area contributed by atoms with Crippen LogP contribution in [0, 0.1) is 11.7 Å². The summed E-state index contributed by atoms with van der Waals surface area (Å²) in [5.74, 6) is 1.23. The van der Waals surface area contributed by atoms with Crippen molar-refractivity contribution in [2.75, 3.05) is 5.32 Å². The van der Waals surface area contributed by atoms with Crippen LogP contribution < -0.4 is 5.32 Å². The highest BCUT2D eigenvalue weighted by molar-refractivity contribution is 5.94. The summed E-state index contributed by atoms with van der Waals surface area (Å²) in [5, 5.41) is 2.87. The van der Waals surface area contributed by atoms with Crippen molar-refractivity contribution in [1.82, 2.24) is 15.0 Å². The number of carbonyl (C=O) groups is 1. The first-order valence-electron chi connectivity index (χ1n) is 8.76. The topological polar surface area (TPSA) is 70.7 Å². The van der Waals surface area contributed by atoms with Crippen molar-refractivity contribution in [2.45, 2.75) is 26.2 Å². The molecule has 1 fully saturated rings. The van der Waals surface area contributed by atoms with Gasteiger partial charge in [-0.2, -0.15) is 0 Å². The molecule has 1 aliphatic rings. The molecule has 4 rings (SSSR count). The van der Waals surface area contributed by atoms with Crippen LogP contribution in [0.1, 0.15) is 25.6 Å². The second kappa shape index (κ2) is 6.71. The number of benzene rings is 1. The molecule has 0 radical (unpaired) electrons. The fourth-order valence-corrected chi connectivity index (χ4v) is 2.84. The lowest BCUT2D eigenvalue weighted by atomic mass is 10.1. The zero-order valence-corrected chi connectivity index (χ0v) is 14.4. The molecule has 3 aromatic rings. The Hall–Kier alpha value is -3.02. The fourth-order valence-electron chi connectivity index (χ4n) is 2.84. The van der Waals surface area contributed by atoms with Gasteiger partial charge in [0.05, 0.1) is 11.4 Å². The van der Waals surface area contributed by atoms with Gasteiger partial charge in [0, 0.05) is 29.7 Å². The predicted molar refractivity (Wildman–Crippen MR) is 97.9 cm³/mol. The molecule has 1 aromatic carbocycles. The van der Waals surface area contributed by atoms with Crippen LogP contribution in [0.5, 0.6) is 0 Å². The number of hydrogen-bond donors (Lipinski definition) is 2. The smallest absolute Gasteiger partial charge is 0.228 e. The van der Waals surface area contributed by atoms with Gasteiger partial charge in [-0.15, -0.1) is 0 Å². The van der Waals surface area contributed by atoms with Crippen molar-refractivity contribution in [3.05, 3.63) is 54.2 Å². The van der Waals surface area contributed by atoms with Gasteiger partial charge in [0.2, 0.25) is 5.91 Å². The number of pyridine rings is 1. The number of aryl methyl sites for hydroxylation is 1. The Balaban J connectivity index is 1.71. The molecule has 0 aliphatic heterocycles. The molecule has 0 saturated heterocycles. The van der Waals surface area contributed by atoms with Gasteiger partial charge in [-0.1, -0.05) is 6.92 Å². The van der Waals surface area contributed by atoms with Crippen molar-refractivity contribution in [3.63, 3.8) is 0 Å². The summed E-state index contributed by atoms with van der Waals surface area (Å²) in [4.78, 5) is 24.2. The minimum absolute atomic E-state index is 0.0206. The van der Waals surface area contributed by atoms with Gasteiger partial charge in [0.25, 0.3) is 0 Å². The lowest BCUT2D eigenvalue weighted by Crippen LogP contribution is -2.14. The summed E-state index contributed by atoms with van der Waals surface area (Å²) >= 11 is 0. The number of halogens is 1. The fraction of sp³-hybridized carbons (Fsp3) is 0.250. The van der Waals surface area contributed by atoms with Crippen LogP contribution >= 0.6 is 0 Å². The number of anilines is 1. The van der Waals surface area contributed by atoms with E-state index < -0.39 is 0 Å². The van der Waals surface area contributed by atoms with Gasteiger partial charge in [0.15, 0.2) is 0 Å². The molecule has 26 heavy (non-hydrogen) atoms. The van der Waals surface area contributed by atoms with Crippen molar-refractivity contribution in [2.24, 2.45) is 5.92 Å². The van der Waals surface area contributed by atoms with E-state index in [0.29, 0.717) is 5.82 Å². The van der Waals surface area contributed by atoms with Crippen molar-refractivity contribution in [1.29, 1.82) is 0 Å². The van der Waals surface area contributed by atoms with E-state index in [9.17, 15) is 9.18 Å². The van der Waals surface area contributed by atoms with Gasteiger partial charge in [-0.05, 0) is 49.2 Å². The molecule has 1 amide bonds. The maximum atomic E-state index is 13.3. The van der Waals surface area contributed by atoms with E-state index in [0.717, 1.165) is 47.6 Å². The number of aromatic amines is 1. The molecule has 132 valence electrons. The Kier molecular flexibility index (Phi) is 4.24. The van der Waals surface area contributed by atoms with Gasteiger partial charge in [-0.25, -0.2) is 14.4 Å². The van der Waals surface area contributed by atoms with Gasteiger partial charge in [0.1, 0.15) is 17.5 Å². The molecule has 2 heterocycles. The van der Waals surface area contributed by atoms with E-state index >= 15 is 0 Å². The summed E-state index contributed by atoms with van der Waals surface area (Å²) in [7, 11) is 0. The maximum absolute atomic E-state index is 13.3. The number of nitrogens with zero attached hydrogens (tertiary/aromatic N) is 2. The number of aromatic nitrogens is 3. The minimum Gasteiger partial charge on any atom is -0.341 e. The van der Waals surface area contributed by atoms with E-state index in [1.807, 2.05) is 19.1 Å². The lowest BCUT2D eigenvalue weighted by Gasteiger charge is -2.07. The Morgan fingerprint density at radius 3 is 2.69 bits per heavy atom. The first kappa shape index (κ1) is 16.4. The van der Waals surface area contributed by atoms with Crippen LogP contribution in [-0.4, -0.2) is 20.9 Å². The molecule has 2 aromatic heterocycles. The zero-order chi connectivity index (χ0) is 18.1. The molecule has 2 N–H and O–H groups in total. The third-order valence-corrected chi connectivity index (χ3v) is 4.45. The number of H-pyrrole nitrogens is 1. The average Bonchev–Trinajstić information content (AvgIpc) is 3.42. The number of carbonyl (C=O) groups excluding carboxylic acids is 1. The molecule has 0 spiro atoms. The van der Waals surface area contributed by atoms with Gasteiger partial charge in [-0.3, -0.25) is 4.79 Å². The Morgan fingerprint density at radius 1 is 1.23 bits per heavy atom. The van der Waals surface area contributed by atoms with E-state index in [4.69, 9.17) is 0 Å². The Morgan fingerprint density at radius 2 is 2.00 bits per heavy atom. The van der Waals surface area contributed by atoms with Crippen LogP contribution in [-0.2, 0) is 11.2 Å². The summed E-state index contributed by atoms with van der Waals surface area (Å²) < 4.78 is 13.3. The second-order valence-corrected chi connectivity index (χ2v) is 6.46. The largest absolute Gasteiger partial charge is 0.341 e. The average molecular weight is 350 g/mol. The quantitative estimate of drug-likeness (QED) is 0.725. The number of hydrogen-bond acceptors (Lipinski definition) is 3. The number of rotatable bonds is 5. The highest BCUT2D eigenvalue weighted by atomic mass is 19.1. The highest BCUT2D eigenvalue weighted by Gasteiger charge is 2.29. The highest BCUT2D eigenvalue weighted by Crippen LogP contribution is 2.32.